The highest BCUT2D eigenvalue weighted by molar-refractivity contribution is 5.92. The molecule has 2 aliphatic rings. The molecule has 0 spiro atoms. The summed E-state index contributed by atoms with van der Waals surface area (Å²) < 4.78 is 14.0. The number of hydrogen-bond donors (Lipinski definition) is 0. The monoisotopic (exact) mass is 383 g/mol. The highest BCUT2D eigenvalue weighted by Gasteiger charge is 2.23. The van der Waals surface area contributed by atoms with Gasteiger partial charge in [0.05, 0.1) is 5.69 Å². The van der Waals surface area contributed by atoms with E-state index < -0.39 is 0 Å². The highest BCUT2D eigenvalue weighted by atomic mass is 19.1. The van der Waals surface area contributed by atoms with Crippen molar-refractivity contribution in [1.29, 1.82) is 0 Å². The van der Waals surface area contributed by atoms with E-state index in [2.05, 4.69) is 14.9 Å². The average molecular weight is 383 g/mol. The van der Waals surface area contributed by atoms with E-state index in [1.165, 1.54) is 18.9 Å². The third-order valence-electron chi connectivity index (χ3n) is 5.51. The minimum Gasteiger partial charge on any atom is -0.366 e. The number of amides is 1. The van der Waals surface area contributed by atoms with E-state index in [4.69, 9.17) is 0 Å². The smallest absolute Gasteiger partial charge is 0.272 e. The first kappa shape index (κ1) is 18.7. The first-order valence-electron chi connectivity index (χ1n) is 10.1. The number of hydrogen-bond acceptors (Lipinski definition) is 5. The molecule has 0 radical (unpaired) electrons. The average Bonchev–Trinajstić information content (AvgIpc) is 3.03. The van der Waals surface area contributed by atoms with E-state index in [0.717, 1.165) is 25.9 Å². The van der Waals surface area contributed by atoms with Crippen LogP contribution in [0, 0.1) is 5.82 Å². The van der Waals surface area contributed by atoms with Crippen LogP contribution in [-0.4, -0.2) is 60.0 Å². The SMILES string of the molecule is O=C(c1ccnc(N2CCN(c3ccccc3F)CC2)n1)N1CCCCCC1. The highest BCUT2D eigenvalue weighted by Crippen LogP contribution is 2.21. The molecule has 0 bridgehead atoms. The minimum absolute atomic E-state index is 0.00413. The van der Waals surface area contributed by atoms with Crippen molar-refractivity contribution in [3.8, 4) is 0 Å². The number of anilines is 2. The standard InChI is InChI=1S/C21H26FN5O/c22-17-7-3-4-8-19(17)25-13-15-27(16-14-25)21-23-10-9-18(24-21)20(28)26-11-5-1-2-6-12-26/h3-4,7-10H,1-2,5-6,11-16H2. The minimum atomic E-state index is -0.197. The Morgan fingerprint density at radius 1 is 0.857 bits per heavy atom. The van der Waals surface area contributed by atoms with Crippen LogP contribution in [0.25, 0.3) is 0 Å². The lowest BCUT2D eigenvalue weighted by Crippen LogP contribution is -2.47. The lowest BCUT2D eigenvalue weighted by molar-refractivity contribution is 0.0755. The van der Waals surface area contributed by atoms with Crippen LogP contribution in [0.15, 0.2) is 36.5 Å². The second-order valence-corrected chi connectivity index (χ2v) is 7.37. The Kier molecular flexibility index (Phi) is 5.69. The Bertz CT molecular complexity index is 814. The van der Waals surface area contributed by atoms with Crippen molar-refractivity contribution in [2.24, 2.45) is 0 Å². The molecule has 7 heteroatoms. The van der Waals surface area contributed by atoms with E-state index in [-0.39, 0.29) is 11.7 Å². The molecule has 28 heavy (non-hydrogen) atoms. The number of carbonyl (C=O) groups is 1. The number of halogens is 1. The molecule has 1 aromatic heterocycles. The number of benzene rings is 1. The van der Waals surface area contributed by atoms with E-state index in [1.807, 2.05) is 21.9 Å². The molecule has 3 heterocycles. The summed E-state index contributed by atoms with van der Waals surface area (Å²) in [5.74, 6) is 0.377. The summed E-state index contributed by atoms with van der Waals surface area (Å²) in [6.45, 7) is 4.37. The van der Waals surface area contributed by atoms with Crippen LogP contribution in [0.4, 0.5) is 16.0 Å². The molecule has 0 saturated carbocycles. The van der Waals surface area contributed by atoms with Crippen molar-refractivity contribution in [3.05, 3.63) is 48.0 Å². The van der Waals surface area contributed by atoms with Gasteiger partial charge in [0.25, 0.3) is 5.91 Å². The lowest BCUT2D eigenvalue weighted by atomic mass is 10.2. The molecule has 2 fully saturated rings. The Morgan fingerprint density at radius 2 is 1.54 bits per heavy atom. The molecule has 1 amide bonds. The normalized spacial score (nSPS) is 18.1. The molecular formula is C21H26FN5O. The second-order valence-electron chi connectivity index (χ2n) is 7.37. The molecule has 1 aromatic carbocycles. The van der Waals surface area contributed by atoms with E-state index >= 15 is 0 Å². The van der Waals surface area contributed by atoms with Gasteiger partial charge in [-0.3, -0.25) is 4.79 Å². The number of piperazine rings is 1. The van der Waals surface area contributed by atoms with Gasteiger partial charge in [-0.2, -0.15) is 0 Å². The Hall–Kier alpha value is -2.70. The summed E-state index contributed by atoms with van der Waals surface area (Å²) >= 11 is 0. The molecular weight excluding hydrogens is 357 g/mol. The topological polar surface area (TPSA) is 52.6 Å². The van der Waals surface area contributed by atoms with Crippen LogP contribution in [0.3, 0.4) is 0 Å². The first-order chi connectivity index (χ1) is 13.7. The Labute approximate surface area is 165 Å². The van der Waals surface area contributed by atoms with Crippen molar-refractivity contribution < 1.29 is 9.18 Å². The van der Waals surface area contributed by atoms with Gasteiger partial charge in [0, 0.05) is 45.5 Å². The zero-order valence-corrected chi connectivity index (χ0v) is 16.1. The number of aromatic nitrogens is 2. The summed E-state index contributed by atoms with van der Waals surface area (Å²) in [5, 5.41) is 0. The summed E-state index contributed by atoms with van der Waals surface area (Å²) in [6, 6.07) is 8.55. The summed E-state index contributed by atoms with van der Waals surface area (Å²) in [7, 11) is 0. The third-order valence-corrected chi connectivity index (χ3v) is 5.51. The molecule has 2 aliphatic heterocycles. The second kappa shape index (κ2) is 8.54. The largest absolute Gasteiger partial charge is 0.366 e. The fraction of sp³-hybridized carbons (Fsp3) is 0.476. The molecule has 2 aromatic rings. The quantitative estimate of drug-likeness (QED) is 0.816. The molecule has 0 unspecified atom stereocenters. The number of para-hydroxylation sites is 1. The first-order valence-corrected chi connectivity index (χ1v) is 10.1. The van der Waals surface area contributed by atoms with Gasteiger partial charge in [-0.1, -0.05) is 25.0 Å². The maximum atomic E-state index is 14.0. The predicted octanol–water partition coefficient (Wildman–Crippen LogP) is 2.96. The van der Waals surface area contributed by atoms with Crippen molar-refractivity contribution in [3.63, 3.8) is 0 Å². The van der Waals surface area contributed by atoms with Gasteiger partial charge in [-0.05, 0) is 31.0 Å². The van der Waals surface area contributed by atoms with Gasteiger partial charge in [0.15, 0.2) is 0 Å². The molecule has 2 saturated heterocycles. The summed E-state index contributed by atoms with van der Waals surface area (Å²) in [4.78, 5) is 27.8. The van der Waals surface area contributed by atoms with Gasteiger partial charge in [-0.25, -0.2) is 14.4 Å². The Balaban J connectivity index is 1.42. The Morgan fingerprint density at radius 3 is 2.25 bits per heavy atom. The molecule has 4 rings (SSSR count). The van der Waals surface area contributed by atoms with Crippen LogP contribution < -0.4 is 9.80 Å². The summed E-state index contributed by atoms with van der Waals surface area (Å²) in [6.07, 6.45) is 6.15. The van der Waals surface area contributed by atoms with Crippen molar-refractivity contribution in [2.75, 3.05) is 49.1 Å². The van der Waals surface area contributed by atoms with Gasteiger partial charge < -0.3 is 14.7 Å². The zero-order chi connectivity index (χ0) is 19.3. The van der Waals surface area contributed by atoms with Crippen LogP contribution in [0.5, 0.6) is 0 Å². The van der Waals surface area contributed by atoms with Crippen LogP contribution >= 0.6 is 0 Å². The van der Waals surface area contributed by atoms with Crippen LogP contribution in [-0.2, 0) is 0 Å². The molecule has 0 N–H and O–H groups in total. The molecule has 0 aliphatic carbocycles. The van der Waals surface area contributed by atoms with E-state index in [9.17, 15) is 9.18 Å². The molecule has 6 nitrogen and oxygen atoms in total. The molecule has 0 atom stereocenters. The number of rotatable bonds is 3. The number of nitrogens with zero attached hydrogens (tertiary/aromatic N) is 5. The maximum absolute atomic E-state index is 14.0. The lowest BCUT2D eigenvalue weighted by Gasteiger charge is -2.36. The number of carbonyl (C=O) groups excluding carboxylic acids is 1. The van der Waals surface area contributed by atoms with Gasteiger partial charge in [0.1, 0.15) is 11.5 Å². The number of likely N-dealkylation sites (tertiary alicyclic amines) is 1. The van der Waals surface area contributed by atoms with Crippen LogP contribution in [0.2, 0.25) is 0 Å². The predicted molar refractivity (Wildman–Crippen MR) is 107 cm³/mol. The summed E-state index contributed by atoms with van der Waals surface area (Å²) in [5.41, 5.74) is 1.09. The van der Waals surface area contributed by atoms with Gasteiger partial charge in [0.2, 0.25) is 5.95 Å². The van der Waals surface area contributed by atoms with Crippen molar-refractivity contribution in [2.45, 2.75) is 25.7 Å². The van der Waals surface area contributed by atoms with E-state index in [0.29, 0.717) is 43.5 Å². The zero-order valence-electron chi connectivity index (χ0n) is 16.1. The fourth-order valence-corrected chi connectivity index (χ4v) is 3.91. The van der Waals surface area contributed by atoms with Crippen molar-refractivity contribution in [1.82, 2.24) is 14.9 Å². The van der Waals surface area contributed by atoms with E-state index in [1.54, 1.807) is 18.3 Å². The van der Waals surface area contributed by atoms with Crippen LogP contribution in [0.1, 0.15) is 36.2 Å². The third kappa shape index (κ3) is 4.08. The fourth-order valence-electron chi connectivity index (χ4n) is 3.91. The molecule has 148 valence electrons. The maximum Gasteiger partial charge on any atom is 0.272 e. The van der Waals surface area contributed by atoms with Gasteiger partial charge in [-0.15, -0.1) is 0 Å². The van der Waals surface area contributed by atoms with Gasteiger partial charge >= 0.3 is 0 Å². The van der Waals surface area contributed by atoms with Crippen molar-refractivity contribution >= 4 is 17.5 Å².